The van der Waals surface area contributed by atoms with Crippen LogP contribution in [0.25, 0.3) is 0 Å². The number of carbonyl (C=O) groups excluding carboxylic acids is 4. The van der Waals surface area contributed by atoms with Crippen molar-refractivity contribution in [2.75, 3.05) is 12.5 Å². The lowest BCUT2D eigenvalue weighted by Crippen LogP contribution is -2.73. The van der Waals surface area contributed by atoms with Gasteiger partial charge in [0.25, 0.3) is 0 Å². The molecule has 1 saturated heterocycles. The van der Waals surface area contributed by atoms with Gasteiger partial charge in [-0.15, -0.1) is 11.6 Å². The van der Waals surface area contributed by atoms with Crippen LogP contribution in [0, 0.1) is 22.7 Å². The van der Waals surface area contributed by atoms with Crippen molar-refractivity contribution in [3.05, 3.63) is 24.2 Å². The van der Waals surface area contributed by atoms with Crippen LogP contribution < -0.4 is 0 Å². The number of hydrogen-bond acceptors (Lipinski definition) is 8. The molecule has 2 heterocycles. The van der Waals surface area contributed by atoms with Crippen LogP contribution in [0.15, 0.2) is 23.0 Å². The maximum atomic E-state index is 13.5. The van der Waals surface area contributed by atoms with Crippen LogP contribution in [-0.4, -0.2) is 46.7 Å². The van der Waals surface area contributed by atoms with Gasteiger partial charge in [-0.2, -0.15) is 0 Å². The first-order chi connectivity index (χ1) is 14.6. The highest BCUT2D eigenvalue weighted by molar-refractivity contribution is 6.21. The summed E-state index contributed by atoms with van der Waals surface area (Å²) in [6.07, 6.45) is 2.75. The lowest BCUT2D eigenvalue weighted by atomic mass is 9.42. The van der Waals surface area contributed by atoms with E-state index in [1.807, 2.05) is 6.92 Å². The first-order valence-electron chi connectivity index (χ1n) is 10.3. The van der Waals surface area contributed by atoms with Gasteiger partial charge >= 0.3 is 11.9 Å². The smallest absolute Gasteiger partial charge is 0.313 e. The fraction of sp³-hybridized carbons (Fsp3) is 0.636. The van der Waals surface area contributed by atoms with E-state index in [0.29, 0.717) is 5.56 Å². The maximum Gasteiger partial charge on any atom is 0.313 e. The van der Waals surface area contributed by atoms with Gasteiger partial charge in [0.05, 0.1) is 23.8 Å². The van der Waals surface area contributed by atoms with Crippen molar-refractivity contribution >= 4 is 35.1 Å². The van der Waals surface area contributed by atoms with E-state index in [-0.39, 0.29) is 25.7 Å². The average Bonchev–Trinajstić information content (AvgIpc) is 3.36. The maximum absolute atomic E-state index is 13.5. The number of halogens is 1. The topological polar surface area (TPSA) is 120 Å². The molecule has 1 aromatic heterocycles. The minimum atomic E-state index is -2.24. The first-order valence-corrected chi connectivity index (χ1v) is 10.9. The number of aliphatic hydroxyl groups is 1. The molecule has 0 amide bonds. The summed E-state index contributed by atoms with van der Waals surface area (Å²) in [6.45, 7) is 2.47. The molecule has 0 radical (unpaired) electrons. The van der Waals surface area contributed by atoms with E-state index in [1.54, 1.807) is 6.07 Å². The van der Waals surface area contributed by atoms with Gasteiger partial charge in [-0.1, -0.05) is 6.92 Å². The van der Waals surface area contributed by atoms with Crippen molar-refractivity contribution < 1.29 is 38.2 Å². The van der Waals surface area contributed by atoms with E-state index in [4.69, 9.17) is 25.5 Å². The summed E-state index contributed by atoms with van der Waals surface area (Å²) in [6, 6.07) is 1.71. The Morgan fingerprint density at radius 3 is 2.68 bits per heavy atom. The molecule has 2 saturated carbocycles. The van der Waals surface area contributed by atoms with Crippen molar-refractivity contribution in [3.8, 4) is 0 Å². The highest BCUT2D eigenvalue weighted by Gasteiger charge is 2.75. The van der Waals surface area contributed by atoms with E-state index < -0.39 is 70.4 Å². The summed E-state index contributed by atoms with van der Waals surface area (Å²) in [7, 11) is 0. The summed E-state index contributed by atoms with van der Waals surface area (Å²) in [5.41, 5.74) is -4.51. The largest absolute Gasteiger partial charge is 0.472 e. The summed E-state index contributed by atoms with van der Waals surface area (Å²) in [4.78, 5) is 51.5. The molecule has 9 heteroatoms. The summed E-state index contributed by atoms with van der Waals surface area (Å²) in [5.74, 6) is -3.86. The van der Waals surface area contributed by atoms with Crippen LogP contribution in [0.1, 0.15) is 51.2 Å². The van der Waals surface area contributed by atoms with Crippen molar-refractivity contribution in [2.45, 2.75) is 51.2 Å². The third-order valence-electron chi connectivity index (χ3n) is 7.71. The molecule has 0 bridgehead atoms. The summed E-state index contributed by atoms with van der Waals surface area (Å²) in [5, 5.41) is 11.5. The third kappa shape index (κ3) is 2.84. The quantitative estimate of drug-likeness (QED) is 0.546. The summed E-state index contributed by atoms with van der Waals surface area (Å²) < 4.78 is 16.1. The second kappa shape index (κ2) is 7.45. The zero-order valence-corrected chi connectivity index (χ0v) is 18.1. The molecular formula is C22H25ClO8. The van der Waals surface area contributed by atoms with E-state index in [2.05, 4.69) is 0 Å². The Hall–Kier alpha value is -2.19. The van der Waals surface area contributed by atoms with Crippen LogP contribution in [-0.2, 0) is 28.7 Å². The number of carbonyl (C=O) groups is 4. The van der Waals surface area contributed by atoms with Gasteiger partial charge in [-0.25, -0.2) is 0 Å². The number of alkyl halides is 1. The molecule has 2 aliphatic carbocycles. The zero-order chi connectivity index (χ0) is 22.6. The lowest BCUT2D eigenvalue weighted by Gasteiger charge is -2.59. The molecule has 3 fully saturated rings. The fourth-order valence-corrected chi connectivity index (χ4v) is 6.47. The van der Waals surface area contributed by atoms with Crippen molar-refractivity contribution in [1.82, 2.24) is 0 Å². The SMILES string of the molecule is CC(=O)OC[C@@]12C(=O)C[C@@H](C)[C@]3(CC(c4ccoc4)OC3=O)[C@H]1CCC(=O)[C@]2(O)CCl. The molecule has 6 atom stereocenters. The van der Waals surface area contributed by atoms with Crippen LogP contribution in [0.4, 0.5) is 0 Å². The van der Waals surface area contributed by atoms with E-state index >= 15 is 0 Å². The normalized spacial score (nSPS) is 40.0. The number of fused-ring (bicyclic) bond motifs is 2. The average molecular weight is 453 g/mol. The van der Waals surface area contributed by atoms with Crippen molar-refractivity contribution in [2.24, 2.45) is 22.7 Å². The third-order valence-corrected chi connectivity index (χ3v) is 8.10. The molecule has 1 aliphatic heterocycles. The highest BCUT2D eigenvalue weighted by atomic mass is 35.5. The van der Waals surface area contributed by atoms with Gasteiger partial charge in [0.2, 0.25) is 0 Å². The minimum absolute atomic E-state index is 0.0406. The van der Waals surface area contributed by atoms with Gasteiger partial charge in [-0.05, 0) is 24.3 Å². The Balaban J connectivity index is 1.87. The molecule has 1 spiro atoms. The number of rotatable bonds is 4. The number of furan rings is 1. The highest BCUT2D eigenvalue weighted by Crippen LogP contribution is 2.66. The minimum Gasteiger partial charge on any atom is -0.472 e. The molecule has 1 aromatic rings. The molecular weight excluding hydrogens is 428 g/mol. The van der Waals surface area contributed by atoms with Crippen molar-refractivity contribution in [1.29, 1.82) is 0 Å². The Morgan fingerprint density at radius 1 is 1.32 bits per heavy atom. The zero-order valence-electron chi connectivity index (χ0n) is 17.4. The number of cyclic esters (lactones) is 1. The molecule has 4 rings (SSSR count). The second-order valence-corrected chi connectivity index (χ2v) is 9.25. The van der Waals surface area contributed by atoms with Crippen LogP contribution >= 0.6 is 11.6 Å². The fourth-order valence-electron chi connectivity index (χ4n) is 6.09. The predicted molar refractivity (Wildman–Crippen MR) is 106 cm³/mol. The van der Waals surface area contributed by atoms with Crippen LogP contribution in [0.5, 0.6) is 0 Å². The van der Waals surface area contributed by atoms with Gasteiger partial charge in [0.15, 0.2) is 11.4 Å². The number of hydrogen-bond donors (Lipinski definition) is 1. The molecule has 0 aromatic carbocycles. The first kappa shape index (κ1) is 22.0. The number of ether oxygens (including phenoxy) is 2. The molecule has 31 heavy (non-hydrogen) atoms. The Bertz CT molecular complexity index is 926. The van der Waals surface area contributed by atoms with E-state index in [1.165, 1.54) is 19.5 Å². The van der Waals surface area contributed by atoms with Crippen LogP contribution in [0.2, 0.25) is 0 Å². The molecule has 8 nitrogen and oxygen atoms in total. The molecule has 1 N–H and O–H groups in total. The Labute approximate surface area is 184 Å². The standard InChI is InChI=1S/C22H25ClO8/c1-12-7-18(26)21(11-30-13(2)24)16(3-4-17(25)22(21,28)10-23)20(12)8-15(31-19(20)27)14-5-6-29-9-14/h5-6,9,12,15-16,28H,3-4,7-8,10-11H2,1-2H3/t12-,15?,16-,20-,21+,22-/m1/s1. The molecule has 168 valence electrons. The van der Waals surface area contributed by atoms with E-state index in [9.17, 15) is 24.3 Å². The second-order valence-electron chi connectivity index (χ2n) is 8.98. The monoisotopic (exact) mass is 452 g/mol. The molecule has 3 aliphatic rings. The molecule has 1 unspecified atom stereocenters. The number of Topliss-reactive ketones (excluding diaryl/α,β-unsaturated/α-hetero) is 2. The summed E-state index contributed by atoms with van der Waals surface area (Å²) >= 11 is 6.09. The van der Waals surface area contributed by atoms with Gasteiger partial charge in [-0.3, -0.25) is 19.2 Å². The van der Waals surface area contributed by atoms with Crippen LogP contribution in [0.3, 0.4) is 0 Å². The Kier molecular flexibility index (Phi) is 5.29. The van der Waals surface area contributed by atoms with Crippen molar-refractivity contribution in [3.63, 3.8) is 0 Å². The Morgan fingerprint density at radius 2 is 2.06 bits per heavy atom. The van der Waals surface area contributed by atoms with Gasteiger partial charge in [0, 0.05) is 31.7 Å². The predicted octanol–water partition coefficient (Wildman–Crippen LogP) is 2.36. The lowest BCUT2D eigenvalue weighted by molar-refractivity contribution is -0.213. The van der Waals surface area contributed by atoms with E-state index in [0.717, 1.165) is 0 Å². The number of esters is 2. The van der Waals surface area contributed by atoms with Gasteiger partial charge < -0.3 is 19.0 Å². The number of ketones is 2. The van der Waals surface area contributed by atoms with Gasteiger partial charge in [0.1, 0.15) is 23.9 Å².